The Morgan fingerprint density at radius 2 is 1.95 bits per heavy atom. The van der Waals surface area contributed by atoms with E-state index in [0.717, 1.165) is 0 Å². The lowest BCUT2D eigenvalue weighted by Gasteiger charge is -2.14. The summed E-state index contributed by atoms with van der Waals surface area (Å²) in [5, 5.41) is 6.07. The lowest BCUT2D eigenvalue weighted by Crippen LogP contribution is -2.35. The van der Waals surface area contributed by atoms with Gasteiger partial charge in [-0.05, 0) is 38.8 Å². The number of hydrogen-bond acceptors (Lipinski definition) is 2. The molecule has 1 unspecified atom stereocenters. The van der Waals surface area contributed by atoms with Crippen molar-refractivity contribution in [3.63, 3.8) is 0 Å². The van der Waals surface area contributed by atoms with Crippen molar-refractivity contribution >= 4 is 5.91 Å². The first-order valence-corrected chi connectivity index (χ1v) is 6.75. The molecule has 0 aliphatic carbocycles. The van der Waals surface area contributed by atoms with Crippen LogP contribution in [0.5, 0.6) is 0 Å². The molecule has 2 N–H and O–H groups in total. The van der Waals surface area contributed by atoms with E-state index in [1.54, 1.807) is 12.1 Å². The molecule has 106 valence electrons. The van der Waals surface area contributed by atoms with Gasteiger partial charge in [-0.1, -0.05) is 18.2 Å². The molecule has 1 rings (SSSR count). The highest BCUT2D eigenvalue weighted by molar-refractivity contribution is 5.76. The third-order valence-corrected chi connectivity index (χ3v) is 2.78. The highest BCUT2D eigenvalue weighted by Gasteiger charge is 2.08. The SMILES string of the molecule is CC(C)NC(=O)CCNC(C)Cc1ccccc1F. The van der Waals surface area contributed by atoms with Crippen molar-refractivity contribution in [2.75, 3.05) is 6.54 Å². The highest BCUT2D eigenvalue weighted by atomic mass is 19.1. The monoisotopic (exact) mass is 266 g/mol. The number of carbonyl (C=O) groups excluding carboxylic acids is 1. The van der Waals surface area contributed by atoms with Crippen LogP contribution in [0.4, 0.5) is 4.39 Å². The van der Waals surface area contributed by atoms with E-state index in [1.807, 2.05) is 26.8 Å². The van der Waals surface area contributed by atoms with E-state index in [9.17, 15) is 9.18 Å². The predicted octanol–water partition coefficient (Wildman–Crippen LogP) is 2.26. The van der Waals surface area contributed by atoms with Gasteiger partial charge in [0.05, 0.1) is 0 Å². The average molecular weight is 266 g/mol. The molecule has 0 aliphatic heterocycles. The van der Waals surface area contributed by atoms with Gasteiger partial charge in [0.2, 0.25) is 5.91 Å². The third-order valence-electron chi connectivity index (χ3n) is 2.78. The van der Waals surface area contributed by atoms with E-state index in [2.05, 4.69) is 10.6 Å². The molecule has 1 amide bonds. The number of benzene rings is 1. The Morgan fingerprint density at radius 3 is 2.58 bits per heavy atom. The quantitative estimate of drug-likeness (QED) is 0.795. The third kappa shape index (κ3) is 6.34. The molecule has 0 spiro atoms. The molecule has 0 fully saturated rings. The molecule has 0 aliphatic rings. The summed E-state index contributed by atoms with van der Waals surface area (Å²) >= 11 is 0. The van der Waals surface area contributed by atoms with Gasteiger partial charge in [0.25, 0.3) is 0 Å². The molecule has 0 heterocycles. The van der Waals surface area contributed by atoms with Crippen LogP contribution in [-0.4, -0.2) is 24.5 Å². The fourth-order valence-corrected chi connectivity index (χ4v) is 1.89. The number of nitrogens with one attached hydrogen (secondary N) is 2. The van der Waals surface area contributed by atoms with Crippen LogP contribution in [0.2, 0.25) is 0 Å². The lowest BCUT2D eigenvalue weighted by atomic mass is 10.1. The predicted molar refractivity (Wildman–Crippen MR) is 75.5 cm³/mol. The zero-order valence-corrected chi connectivity index (χ0v) is 11.9. The molecule has 4 heteroatoms. The molecule has 0 radical (unpaired) electrons. The fourth-order valence-electron chi connectivity index (χ4n) is 1.89. The van der Waals surface area contributed by atoms with Crippen LogP contribution in [0, 0.1) is 5.82 Å². The Kier molecular flexibility index (Phi) is 6.50. The van der Waals surface area contributed by atoms with Gasteiger partial charge in [-0.15, -0.1) is 0 Å². The van der Waals surface area contributed by atoms with Crippen molar-refractivity contribution in [3.8, 4) is 0 Å². The maximum atomic E-state index is 13.5. The van der Waals surface area contributed by atoms with Crippen molar-refractivity contribution < 1.29 is 9.18 Å². The Morgan fingerprint density at radius 1 is 1.26 bits per heavy atom. The smallest absolute Gasteiger partial charge is 0.221 e. The van der Waals surface area contributed by atoms with Gasteiger partial charge >= 0.3 is 0 Å². The minimum Gasteiger partial charge on any atom is -0.354 e. The number of amides is 1. The standard InChI is InChI=1S/C15H23FN2O/c1-11(2)18-15(19)8-9-17-12(3)10-13-6-4-5-7-14(13)16/h4-7,11-12,17H,8-10H2,1-3H3,(H,18,19). The number of halogens is 1. The van der Waals surface area contributed by atoms with E-state index in [0.29, 0.717) is 24.9 Å². The molecule has 0 bridgehead atoms. The van der Waals surface area contributed by atoms with Crippen LogP contribution in [0.3, 0.4) is 0 Å². The fraction of sp³-hybridized carbons (Fsp3) is 0.533. The van der Waals surface area contributed by atoms with Crippen LogP contribution in [0.15, 0.2) is 24.3 Å². The van der Waals surface area contributed by atoms with E-state index in [1.165, 1.54) is 6.07 Å². The van der Waals surface area contributed by atoms with Gasteiger partial charge in [0.1, 0.15) is 5.82 Å². The Labute approximate surface area is 114 Å². The molecule has 19 heavy (non-hydrogen) atoms. The molecule has 0 aromatic heterocycles. The summed E-state index contributed by atoms with van der Waals surface area (Å²) < 4.78 is 13.5. The largest absolute Gasteiger partial charge is 0.354 e. The van der Waals surface area contributed by atoms with Crippen molar-refractivity contribution in [1.29, 1.82) is 0 Å². The first-order chi connectivity index (χ1) is 8.99. The summed E-state index contributed by atoms with van der Waals surface area (Å²) in [6, 6.07) is 7.10. The second-order valence-electron chi connectivity index (χ2n) is 5.12. The van der Waals surface area contributed by atoms with Crippen LogP contribution in [0.1, 0.15) is 32.8 Å². The molecule has 1 aromatic carbocycles. The summed E-state index contributed by atoms with van der Waals surface area (Å²) in [5.74, 6) is -0.130. The molecular formula is C15H23FN2O. The zero-order chi connectivity index (χ0) is 14.3. The Bertz CT molecular complexity index is 407. The van der Waals surface area contributed by atoms with Crippen molar-refractivity contribution in [2.24, 2.45) is 0 Å². The highest BCUT2D eigenvalue weighted by Crippen LogP contribution is 2.08. The normalized spacial score (nSPS) is 12.5. The van der Waals surface area contributed by atoms with E-state index < -0.39 is 0 Å². The van der Waals surface area contributed by atoms with Crippen molar-refractivity contribution in [3.05, 3.63) is 35.6 Å². The van der Waals surface area contributed by atoms with Crippen molar-refractivity contribution in [1.82, 2.24) is 10.6 Å². The van der Waals surface area contributed by atoms with Crippen LogP contribution in [0.25, 0.3) is 0 Å². The first-order valence-electron chi connectivity index (χ1n) is 6.75. The molecule has 1 atom stereocenters. The maximum absolute atomic E-state index is 13.5. The van der Waals surface area contributed by atoms with Gasteiger partial charge < -0.3 is 10.6 Å². The van der Waals surface area contributed by atoms with Gasteiger partial charge in [-0.3, -0.25) is 4.79 Å². The minimum atomic E-state index is -0.172. The second kappa shape index (κ2) is 7.89. The number of carbonyl (C=O) groups is 1. The van der Waals surface area contributed by atoms with Crippen molar-refractivity contribution in [2.45, 2.75) is 45.7 Å². The molecule has 1 aromatic rings. The molecule has 3 nitrogen and oxygen atoms in total. The number of hydrogen-bond donors (Lipinski definition) is 2. The average Bonchev–Trinajstić information content (AvgIpc) is 2.31. The molecular weight excluding hydrogens is 243 g/mol. The summed E-state index contributed by atoms with van der Waals surface area (Å²) in [6.07, 6.45) is 1.07. The minimum absolute atomic E-state index is 0.0422. The maximum Gasteiger partial charge on any atom is 0.221 e. The van der Waals surface area contributed by atoms with E-state index >= 15 is 0 Å². The first kappa shape index (κ1) is 15.6. The number of rotatable bonds is 7. The zero-order valence-electron chi connectivity index (χ0n) is 11.9. The van der Waals surface area contributed by atoms with Gasteiger partial charge in [0, 0.05) is 25.0 Å². The summed E-state index contributed by atoms with van der Waals surface area (Å²) in [6.45, 7) is 6.47. The second-order valence-corrected chi connectivity index (χ2v) is 5.12. The summed E-state index contributed by atoms with van der Waals surface area (Å²) in [7, 11) is 0. The molecule has 0 saturated heterocycles. The Hall–Kier alpha value is -1.42. The summed E-state index contributed by atoms with van der Waals surface area (Å²) in [5.41, 5.74) is 0.703. The summed E-state index contributed by atoms with van der Waals surface area (Å²) in [4.78, 5) is 11.4. The van der Waals surface area contributed by atoms with Crippen LogP contribution >= 0.6 is 0 Å². The van der Waals surface area contributed by atoms with Crippen LogP contribution < -0.4 is 10.6 Å². The van der Waals surface area contributed by atoms with E-state index in [-0.39, 0.29) is 23.8 Å². The lowest BCUT2D eigenvalue weighted by molar-refractivity contribution is -0.121. The molecule has 0 saturated carbocycles. The van der Waals surface area contributed by atoms with Gasteiger partial charge in [0.15, 0.2) is 0 Å². The van der Waals surface area contributed by atoms with Gasteiger partial charge in [-0.2, -0.15) is 0 Å². The van der Waals surface area contributed by atoms with E-state index in [4.69, 9.17) is 0 Å². The Balaban J connectivity index is 2.27. The topological polar surface area (TPSA) is 41.1 Å². The van der Waals surface area contributed by atoms with Crippen LogP contribution in [-0.2, 0) is 11.2 Å². The van der Waals surface area contributed by atoms with Gasteiger partial charge in [-0.25, -0.2) is 4.39 Å².